The third kappa shape index (κ3) is 4.78. The minimum atomic E-state index is -0.467. The number of hydrogen-bond donors (Lipinski definition) is 0. The van der Waals surface area contributed by atoms with E-state index in [1.807, 2.05) is 49.9 Å². The average Bonchev–Trinajstić information content (AvgIpc) is 3.18. The van der Waals surface area contributed by atoms with E-state index in [4.69, 9.17) is 9.72 Å². The standard InChI is InChI=1S/C28H37N3O2/c1-18(2)23-16-11-19(3)17-26(23)33-28(32)20(4)31-25-10-8-7-9-24(25)29-27(31)21-12-14-22(15-13-21)30(5)6/h7-10,12-15,18-20,23,26H,11,16-17H2,1-6H3/t19?,20-,23+,26-/m1/s1. The fraction of sp³-hybridized carbons (Fsp3) is 0.500. The van der Waals surface area contributed by atoms with Crippen molar-refractivity contribution >= 4 is 22.7 Å². The molecule has 0 aliphatic heterocycles. The third-order valence-electron chi connectivity index (χ3n) is 7.19. The third-order valence-corrected chi connectivity index (χ3v) is 7.19. The minimum Gasteiger partial charge on any atom is -0.461 e. The number of anilines is 1. The van der Waals surface area contributed by atoms with Crippen LogP contribution in [0.15, 0.2) is 48.5 Å². The Labute approximate surface area is 197 Å². The second kappa shape index (κ2) is 9.58. The number of aromatic nitrogens is 2. The molecule has 33 heavy (non-hydrogen) atoms. The smallest absolute Gasteiger partial charge is 0.329 e. The molecule has 1 fully saturated rings. The van der Waals surface area contributed by atoms with Crippen LogP contribution in [0.5, 0.6) is 0 Å². The molecule has 1 saturated carbocycles. The number of hydrogen-bond acceptors (Lipinski definition) is 4. The number of benzene rings is 2. The summed E-state index contributed by atoms with van der Waals surface area (Å²) in [6.45, 7) is 8.68. The lowest BCUT2D eigenvalue weighted by Crippen LogP contribution is -2.37. The number of carbonyl (C=O) groups excluding carboxylic acids is 1. The number of imidazole rings is 1. The summed E-state index contributed by atoms with van der Waals surface area (Å²) in [5.41, 5.74) is 3.95. The van der Waals surface area contributed by atoms with E-state index in [-0.39, 0.29) is 12.1 Å². The average molecular weight is 448 g/mol. The second-order valence-corrected chi connectivity index (χ2v) is 10.2. The monoisotopic (exact) mass is 447 g/mol. The van der Waals surface area contributed by atoms with Crippen LogP contribution >= 0.6 is 0 Å². The summed E-state index contributed by atoms with van der Waals surface area (Å²) in [6.07, 6.45) is 3.28. The summed E-state index contributed by atoms with van der Waals surface area (Å²) in [4.78, 5) is 20.5. The van der Waals surface area contributed by atoms with Crippen molar-refractivity contribution in [2.24, 2.45) is 17.8 Å². The maximum atomic E-state index is 13.5. The van der Waals surface area contributed by atoms with Gasteiger partial charge < -0.3 is 14.2 Å². The van der Waals surface area contributed by atoms with Crippen molar-refractivity contribution in [1.82, 2.24) is 9.55 Å². The van der Waals surface area contributed by atoms with Gasteiger partial charge in [0.15, 0.2) is 0 Å². The lowest BCUT2D eigenvalue weighted by atomic mass is 9.75. The molecule has 1 aromatic heterocycles. The van der Waals surface area contributed by atoms with Crippen LogP contribution in [0, 0.1) is 17.8 Å². The molecule has 4 atom stereocenters. The van der Waals surface area contributed by atoms with Crippen molar-refractivity contribution in [2.45, 2.75) is 59.1 Å². The number of esters is 1. The highest BCUT2D eigenvalue weighted by molar-refractivity contribution is 5.85. The summed E-state index contributed by atoms with van der Waals surface area (Å²) in [7, 11) is 4.05. The highest BCUT2D eigenvalue weighted by Gasteiger charge is 2.35. The fourth-order valence-corrected chi connectivity index (χ4v) is 5.15. The maximum absolute atomic E-state index is 13.5. The number of ether oxygens (including phenoxy) is 1. The van der Waals surface area contributed by atoms with Crippen LogP contribution in [0.4, 0.5) is 5.69 Å². The van der Waals surface area contributed by atoms with Crippen molar-refractivity contribution in [2.75, 3.05) is 19.0 Å². The zero-order valence-electron chi connectivity index (χ0n) is 20.8. The van der Waals surface area contributed by atoms with Crippen molar-refractivity contribution in [1.29, 1.82) is 0 Å². The predicted octanol–water partition coefficient (Wildman–Crippen LogP) is 6.33. The summed E-state index contributed by atoms with van der Waals surface area (Å²) in [5, 5.41) is 0. The normalized spacial score (nSPS) is 21.8. The predicted molar refractivity (Wildman–Crippen MR) is 135 cm³/mol. The van der Waals surface area contributed by atoms with E-state index in [0.29, 0.717) is 17.8 Å². The van der Waals surface area contributed by atoms with Crippen LogP contribution in [0.3, 0.4) is 0 Å². The Bertz CT molecular complexity index is 1100. The van der Waals surface area contributed by atoms with E-state index < -0.39 is 6.04 Å². The molecule has 0 bridgehead atoms. The molecule has 0 spiro atoms. The molecule has 0 amide bonds. The van der Waals surface area contributed by atoms with Crippen molar-refractivity contribution in [3.63, 3.8) is 0 Å². The zero-order valence-corrected chi connectivity index (χ0v) is 20.8. The highest BCUT2D eigenvalue weighted by atomic mass is 16.5. The van der Waals surface area contributed by atoms with E-state index in [1.54, 1.807) is 0 Å². The first kappa shape index (κ1) is 23.3. The Kier molecular flexibility index (Phi) is 6.78. The van der Waals surface area contributed by atoms with Crippen LogP contribution < -0.4 is 4.90 Å². The highest BCUT2D eigenvalue weighted by Crippen LogP contribution is 2.37. The summed E-state index contributed by atoms with van der Waals surface area (Å²) < 4.78 is 8.26. The second-order valence-electron chi connectivity index (χ2n) is 10.2. The number of fused-ring (bicyclic) bond motifs is 1. The molecule has 4 rings (SSSR count). The Hall–Kier alpha value is -2.82. The van der Waals surface area contributed by atoms with Crippen molar-refractivity contribution in [3.8, 4) is 11.4 Å². The van der Waals surface area contributed by atoms with E-state index >= 15 is 0 Å². The first-order valence-corrected chi connectivity index (χ1v) is 12.2. The van der Waals surface area contributed by atoms with Gasteiger partial charge in [-0.05, 0) is 73.9 Å². The van der Waals surface area contributed by atoms with Gasteiger partial charge in [-0.15, -0.1) is 0 Å². The Balaban J connectivity index is 1.68. The van der Waals surface area contributed by atoms with Gasteiger partial charge in [-0.3, -0.25) is 0 Å². The first-order chi connectivity index (χ1) is 15.8. The lowest BCUT2D eigenvalue weighted by Gasteiger charge is -2.37. The SMILES string of the molecule is CC1CC[C@@H](C(C)C)[C@H](OC(=O)[C@@H](C)n2c(-c3ccc(N(C)C)cc3)nc3ccccc32)C1. The fourth-order valence-electron chi connectivity index (χ4n) is 5.15. The largest absolute Gasteiger partial charge is 0.461 e. The van der Waals surface area contributed by atoms with Crippen LogP contribution in [0.2, 0.25) is 0 Å². The van der Waals surface area contributed by atoms with E-state index in [1.165, 1.54) is 6.42 Å². The van der Waals surface area contributed by atoms with Crippen molar-refractivity contribution in [3.05, 3.63) is 48.5 Å². The van der Waals surface area contributed by atoms with Gasteiger partial charge >= 0.3 is 5.97 Å². The van der Waals surface area contributed by atoms with Gasteiger partial charge in [0.25, 0.3) is 0 Å². The number of nitrogens with zero attached hydrogens (tertiary/aromatic N) is 3. The van der Waals surface area contributed by atoms with E-state index in [2.05, 4.69) is 49.9 Å². The molecule has 0 radical (unpaired) electrons. The van der Waals surface area contributed by atoms with Gasteiger partial charge in [0, 0.05) is 25.3 Å². The Morgan fingerprint density at radius 2 is 1.76 bits per heavy atom. The van der Waals surface area contributed by atoms with Gasteiger partial charge in [-0.2, -0.15) is 0 Å². The summed E-state index contributed by atoms with van der Waals surface area (Å²) >= 11 is 0. The molecule has 176 valence electrons. The Morgan fingerprint density at radius 1 is 1.06 bits per heavy atom. The molecule has 2 aromatic carbocycles. The van der Waals surface area contributed by atoms with Gasteiger partial charge in [-0.25, -0.2) is 9.78 Å². The van der Waals surface area contributed by atoms with E-state index in [9.17, 15) is 4.79 Å². The number of rotatable bonds is 6. The molecule has 0 N–H and O–H groups in total. The molecule has 3 aromatic rings. The van der Waals surface area contributed by atoms with E-state index in [0.717, 1.165) is 41.0 Å². The Morgan fingerprint density at radius 3 is 2.42 bits per heavy atom. The molecule has 1 heterocycles. The molecule has 1 unspecified atom stereocenters. The minimum absolute atomic E-state index is 0.0127. The van der Waals surface area contributed by atoms with Gasteiger partial charge in [0.05, 0.1) is 11.0 Å². The summed E-state index contributed by atoms with van der Waals surface area (Å²) in [5.74, 6) is 2.14. The van der Waals surface area contributed by atoms with Gasteiger partial charge in [0.1, 0.15) is 18.0 Å². The van der Waals surface area contributed by atoms with Crippen molar-refractivity contribution < 1.29 is 9.53 Å². The maximum Gasteiger partial charge on any atom is 0.329 e. The molecule has 5 heteroatoms. The summed E-state index contributed by atoms with van der Waals surface area (Å²) in [6, 6.07) is 15.9. The van der Waals surface area contributed by atoms with Gasteiger partial charge in [-0.1, -0.05) is 39.3 Å². The molecule has 1 aliphatic rings. The van der Waals surface area contributed by atoms with Crippen LogP contribution in [-0.2, 0) is 9.53 Å². The molecule has 5 nitrogen and oxygen atoms in total. The van der Waals surface area contributed by atoms with Crippen LogP contribution in [-0.4, -0.2) is 35.7 Å². The number of para-hydroxylation sites is 2. The lowest BCUT2D eigenvalue weighted by molar-refractivity contribution is -0.159. The van der Waals surface area contributed by atoms with Gasteiger partial charge in [0.2, 0.25) is 0 Å². The molecule has 1 aliphatic carbocycles. The quantitative estimate of drug-likeness (QED) is 0.414. The van der Waals surface area contributed by atoms with Crippen LogP contribution in [0.25, 0.3) is 22.4 Å². The molecular weight excluding hydrogens is 410 g/mol. The topological polar surface area (TPSA) is 47.4 Å². The molecular formula is C28H37N3O2. The number of carbonyl (C=O) groups is 1. The van der Waals surface area contributed by atoms with Crippen LogP contribution in [0.1, 0.15) is 53.0 Å². The molecule has 0 saturated heterocycles. The zero-order chi connectivity index (χ0) is 23.7. The first-order valence-electron chi connectivity index (χ1n) is 12.2.